The van der Waals surface area contributed by atoms with Crippen LogP contribution in [0.1, 0.15) is 16.1 Å². The molecule has 8 heteroatoms. The van der Waals surface area contributed by atoms with Gasteiger partial charge in [0.2, 0.25) is 10.0 Å². The maximum atomic E-state index is 12.1. The monoisotopic (exact) mass is 370 g/mol. The minimum atomic E-state index is -3.68. The zero-order chi connectivity index (χ0) is 15.5. The maximum absolute atomic E-state index is 12.1. The highest BCUT2D eigenvalue weighted by Gasteiger charge is 2.14. The molecule has 0 aliphatic carbocycles. The third-order valence-electron chi connectivity index (χ3n) is 2.61. The second-order valence-electron chi connectivity index (χ2n) is 4.12. The van der Waals surface area contributed by atoms with Crippen LogP contribution in [0.2, 0.25) is 0 Å². The number of sulfonamides is 1. The highest BCUT2D eigenvalue weighted by molar-refractivity contribution is 9.10. The van der Waals surface area contributed by atoms with Crippen LogP contribution in [0.25, 0.3) is 0 Å². The van der Waals surface area contributed by atoms with Crippen molar-refractivity contribution in [1.82, 2.24) is 9.71 Å². The van der Waals surface area contributed by atoms with E-state index < -0.39 is 16.0 Å². The average molecular weight is 371 g/mol. The van der Waals surface area contributed by atoms with Crippen molar-refractivity contribution in [3.63, 3.8) is 0 Å². The highest BCUT2D eigenvalue weighted by atomic mass is 79.9. The van der Waals surface area contributed by atoms with Crippen LogP contribution in [0.5, 0.6) is 0 Å². The number of carbonyl (C=O) groups is 1. The smallest absolute Gasteiger partial charge is 0.335 e. The van der Waals surface area contributed by atoms with E-state index in [4.69, 9.17) is 5.11 Å². The van der Waals surface area contributed by atoms with Gasteiger partial charge in [0.15, 0.2) is 0 Å². The van der Waals surface area contributed by atoms with Crippen LogP contribution in [0.4, 0.5) is 0 Å². The number of aromatic carboxylic acids is 1. The van der Waals surface area contributed by atoms with E-state index in [0.717, 1.165) is 0 Å². The van der Waals surface area contributed by atoms with Gasteiger partial charge in [-0.25, -0.2) is 17.9 Å². The van der Waals surface area contributed by atoms with Crippen molar-refractivity contribution in [3.8, 4) is 0 Å². The van der Waals surface area contributed by atoms with Crippen molar-refractivity contribution in [2.45, 2.75) is 11.4 Å². The number of nitrogens with one attached hydrogen (secondary N) is 1. The fraction of sp³-hybridized carbons (Fsp3) is 0.0769. The van der Waals surface area contributed by atoms with Crippen LogP contribution in [0.3, 0.4) is 0 Å². The molecule has 1 aromatic heterocycles. The second kappa shape index (κ2) is 6.33. The summed E-state index contributed by atoms with van der Waals surface area (Å²) in [5.41, 5.74) is 0.384. The molecule has 0 fully saturated rings. The van der Waals surface area contributed by atoms with Crippen LogP contribution >= 0.6 is 15.9 Å². The molecule has 21 heavy (non-hydrogen) atoms. The maximum Gasteiger partial charge on any atom is 0.335 e. The van der Waals surface area contributed by atoms with E-state index in [1.807, 2.05) is 0 Å². The summed E-state index contributed by atoms with van der Waals surface area (Å²) in [7, 11) is -3.68. The Morgan fingerprint density at radius 3 is 2.71 bits per heavy atom. The van der Waals surface area contributed by atoms with Gasteiger partial charge in [0.25, 0.3) is 0 Å². The number of rotatable bonds is 5. The summed E-state index contributed by atoms with van der Waals surface area (Å²) in [5.74, 6) is -1.09. The van der Waals surface area contributed by atoms with Gasteiger partial charge in [0.1, 0.15) is 0 Å². The summed E-state index contributed by atoms with van der Waals surface area (Å²) in [6, 6.07) is 8.94. The Balaban J connectivity index is 2.15. The first-order valence-electron chi connectivity index (χ1n) is 5.82. The molecule has 0 radical (unpaired) electrons. The number of carboxylic acid groups (broad SMARTS) is 1. The van der Waals surface area contributed by atoms with E-state index in [9.17, 15) is 13.2 Å². The van der Waals surface area contributed by atoms with E-state index in [0.29, 0.717) is 10.2 Å². The second-order valence-corrected chi connectivity index (χ2v) is 6.81. The third kappa shape index (κ3) is 4.10. The predicted octanol–water partition coefficient (Wildman–Crippen LogP) is 2.02. The first kappa shape index (κ1) is 15.6. The number of pyridine rings is 1. The number of hydrogen-bond acceptors (Lipinski definition) is 4. The summed E-state index contributed by atoms with van der Waals surface area (Å²) in [4.78, 5) is 14.9. The lowest BCUT2D eigenvalue weighted by Gasteiger charge is -2.07. The van der Waals surface area contributed by atoms with Crippen molar-refractivity contribution in [2.75, 3.05) is 0 Å². The van der Waals surface area contributed by atoms with Gasteiger partial charge in [0.05, 0.1) is 22.7 Å². The molecule has 0 saturated carbocycles. The van der Waals surface area contributed by atoms with Gasteiger partial charge in [0, 0.05) is 10.7 Å². The molecule has 0 aliphatic heterocycles. The Morgan fingerprint density at radius 2 is 2.05 bits per heavy atom. The Labute approximate surface area is 130 Å². The third-order valence-corrected chi connectivity index (χ3v) is 4.51. The lowest BCUT2D eigenvalue weighted by Crippen LogP contribution is -2.23. The van der Waals surface area contributed by atoms with E-state index in [-0.39, 0.29) is 17.0 Å². The van der Waals surface area contributed by atoms with Gasteiger partial charge >= 0.3 is 5.97 Å². The fourth-order valence-corrected chi connectivity index (χ4v) is 3.19. The van der Waals surface area contributed by atoms with Gasteiger partial charge in [-0.05, 0) is 30.3 Å². The van der Waals surface area contributed by atoms with E-state index in [1.54, 1.807) is 12.1 Å². The molecule has 0 bridgehead atoms. The standard InChI is InChI=1S/C13H11BrN2O4S/c14-10-2-1-3-12(7-10)21(19,20)16-8-11-6-9(13(17)18)4-5-15-11/h1-7,16H,8H2,(H,17,18). The molecule has 110 valence electrons. The quantitative estimate of drug-likeness (QED) is 0.838. The van der Waals surface area contributed by atoms with Gasteiger partial charge in [-0.2, -0.15) is 0 Å². The SMILES string of the molecule is O=C(O)c1ccnc(CNS(=O)(=O)c2cccc(Br)c2)c1. The van der Waals surface area contributed by atoms with Crippen molar-refractivity contribution >= 4 is 31.9 Å². The van der Waals surface area contributed by atoms with E-state index in [1.165, 1.54) is 30.5 Å². The number of nitrogens with zero attached hydrogens (tertiary/aromatic N) is 1. The number of aromatic nitrogens is 1. The molecular weight excluding hydrogens is 360 g/mol. The van der Waals surface area contributed by atoms with Gasteiger partial charge in [-0.3, -0.25) is 4.98 Å². The molecule has 2 aromatic rings. The number of carboxylic acids is 1. The van der Waals surface area contributed by atoms with Crippen molar-refractivity contribution in [1.29, 1.82) is 0 Å². The largest absolute Gasteiger partial charge is 0.478 e. The van der Waals surface area contributed by atoms with Crippen LogP contribution in [0, 0.1) is 0 Å². The highest BCUT2D eigenvalue weighted by Crippen LogP contribution is 2.16. The van der Waals surface area contributed by atoms with Crippen molar-refractivity contribution in [3.05, 3.63) is 58.3 Å². The number of benzene rings is 1. The van der Waals surface area contributed by atoms with Gasteiger partial charge < -0.3 is 5.11 Å². The van der Waals surface area contributed by atoms with Crippen molar-refractivity contribution < 1.29 is 18.3 Å². The van der Waals surface area contributed by atoms with Gasteiger partial charge in [-0.1, -0.05) is 22.0 Å². The van der Waals surface area contributed by atoms with Crippen LogP contribution in [-0.4, -0.2) is 24.5 Å². The minimum Gasteiger partial charge on any atom is -0.478 e. The summed E-state index contributed by atoms with van der Waals surface area (Å²) in [5, 5.41) is 8.87. The number of hydrogen-bond donors (Lipinski definition) is 2. The molecule has 2 rings (SSSR count). The molecular formula is C13H11BrN2O4S. The summed E-state index contributed by atoms with van der Waals surface area (Å²) in [6.07, 6.45) is 1.33. The summed E-state index contributed by atoms with van der Waals surface area (Å²) in [6.45, 7) is -0.0873. The molecule has 6 nitrogen and oxygen atoms in total. The molecule has 0 aliphatic rings. The Morgan fingerprint density at radius 1 is 1.29 bits per heavy atom. The van der Waals surface area contributed by atoms with Crippen LogP contribution < -0.4 is 4.72 Å². The Kier molecular flexibility index (Phi) is 4.71. The molecule has 1 aromatic carbocycles. The predicted molar refractivity (Wildman–Crippen MR) is 79.4 cm³/mol. The lowest BCUT2D eigenvalue weighted by molar-refractivity contribution is 0.0696. The summed E-state index contributed by atoms with van der Waals surface area (Å²) >= 11 is 3.21. The molecule has 0 atom stereocenters. The number of halogens is 1. The average Bonchev–Trinajstić information content (AvgIpc) is 2.45. The Bertz CT molecular complexity index is 777. The normalized spacial score (nSPS) is 11.3. The zero-order valence-corrected chi connectivity index (χ0v) is 13.1. The molecule has 0 saturated heterocycles. The zero-order valence-electron chi connectivity index (χ0n) is 10.7. The lowest BCUT2D eigenvalue weighted by atomic mass is 10.2. The molecule has 1 heterocycles. The molecule has 2 N–H and O–H groups in total. The topological polar surface area (TPSA) is 96.4 Å². The summed E-state index contributed by atoms with van der Waals surface area (Å²) < 4.78 is 27.2. The Hall–Kier alpha value is -1.77. The fourth-order valence-electron chi connectivity index (χ4n) is 1.59. The van der Waals surface area contributed by atoms with Crippen LogP contribution in [-0.2, 0) is 16.6 Å². The van der Waals surface area contributed by atoms with Crippen LogP contribution in [0.15, 0.2) is 52.0 Å². The minimum absolute atomic E-state index is 0.0571. The van der Waals surface area contributed by atoms with Gasteiger partial charge in [-0.15, -0.1) is 0 Å². The first-order valence-corrected chi connectivity index (χ1v) is 8.09. The van der Waals surface area contributed by atoms with E-state index >= 15 is 0 Å². The molecule has 0 amide bonds. The molecule has 0 unspecified atom stereocenters. The van der Waals surface area contributed by atoms with Crippen molar-refractivity contribution in [2.24, 2.45) is 0 Å². The van der Waals surface area contributed by atoms with E-state index in [2.05, 4.69) is 25.6 Å². The molecule has 0 spiro atoms. The first-order chi connectivity index (χ1) is 9.88.